The third-order valence-electron chi connectivity index (χ3n) is 4.47. The van der Waals surface area contributed by atoms with Crippen LogP contribution in [-0.2, 0) is 16.1 Å². The Morgan fingerprint density at radius 1 is 1.14 bits per heavy atom. The first-order chi connectivity index (χ1) is 13.8. The molecule has 0 radical (unpaired) electrons. The molecule has 1 fully saturated rings. The smallest absolute Gasteiger partial charge is 0.338 e. The average molecular weight is 395 g/mol. The van der Waals surface area contributed by atoms with Gasteiger partial charge in [-0.05, 0) is 37.1 Å². The van der Waals surface area contributed by atoms with Crippen LogP contribution in [-0.4, -0.2) is 30.3 Å². The zero-order valence-corrected chi connectivity index (χ0v) is 16.2. The molecule has 4 rings (SSSR count). The van der Waals surface area contributed by atoms with E-state index in [1.54, 1.807) is 24.3 Å². The van der Waals surface area contributed by atoms with Gasteiger partial charge in [0.05, 0.1) is 17.4 Å². The van der Waals surface area contributed by atoms with Gasteiger partial charge in [0, 0.05) is 17.6 Å². The molecule has 0 N–H and O–H groups in total. The number of rotatable bonds is 7. The van der Waals surface area contributed by atoms with Crippen LogP contribution in [0.1, 0.15) is 28.9 Å². The molecule has 1 aromatic heterocycles. The number of aromatic nitrogens is 1. The predicted octanol–water partition coefficient (Wildman–Crippen LogP) is 4.72. The molecule has 28 heavy (non-hydrogen) atoms. The van der Waals surface area contributed by atoms with Crippen molar-refractivity contribution in [3.05, 3.63) is 71.2 Å². The van der Waals surface area contributed by atoms with Gasteiger partial charge < -0.3 is 14.2 Å². The van der Waals surface area contributed by atoms with Gasteiger partial charge in [-0.25, -0.2) is 9.78 Å². The summed E-state index contributed by atoms with van der Waals surface area (Å²) in [5.74, 6) is 0.346. The second-order valence-corrected chi connectivity index (χ2v) is 7.41. The van der Waals surface area contributed by atoms with Crippen molar-refractivity contribution < 1.29 is 19.0 Å². The molecule has 0 aliphatic carbocycles. The van der Waals surface area contributed by atoms with E-state index in [2.05, 4.69) is 4.98 Å². The van der Waals surface area contributed by atoms with Gasteiger partial charge in [-0.1, -0.05) is 30.3 Å². The van der Waals surface area contributed by atoms with E-state index < -0.39 is 0 Å². The summed E-state index contributed by atoms with van der Waals surface area (Å²) < 4.78 is 16.6. The predicted molar refractivity (Wildman–Crippen MR) is 108 cm³/mol. The molecule has 0 unspecified atom stereocenters. The van der Waals surface area contributed by atoms with E-state index in [9.17, 15) is 4.79 Å². The summed E-state index contributed by atoms with van der Waals surface area (Å²) in [5.41, 5.74) is 2.29. The van der Waals surface area contributed by atoms with Crippen molar-refractivity contribution in [2.45, 2.75) is 25.6 Å². The lowest BCUT2D eigenvalue weighted by Gasteiger charge is -2.11. The first kappa shape index (κ1) is 18.7. The first-order valence-electron chi connectivity index (χ1n) is 9.29. The zero-order chi connectivity index (χ0) is 19.2. The van der Waals surface area contributed by atoms with Gasteiger partial charge in [0.2, 0.25) is 0 Å². The van der Waals surface area contributed by atoms with Crippen LogP contribution in [0.15, 0.2) is 60.0 Å². The van der Waals surface area contributed by atoms with E-state index in [0.717, 1.165) is 41.5 Å². The zero-order valence-electron chi connectivity index (χ0n) is 15.4. The molecule has 0 spiro atoms. The van der Waals surface area contributed by atoms with Crippen LogP contribution in [0.4, 0.5) is 0 Å². The minimum absolute atomic E-state index is 0.152. The van der Waals surface area contributed by atoms with E-state index in [1.807, 2.05) is 35.7 Å². The van der Waals surface area contributed by atoms with E-state index >= 15 is 0 Å². The average Bonchev–Trinajstić information content (AvgIpc) is 3.44. The number of hydrogen-bond donors (Lipinski definition) is 0. The molecule has 0 saturated carbocycles. The Morgan fingerprint density at radius 2 is 1.96 bits per heavy atom. The summed E-state index contributed by atoms with van der Waals surface area (Å²) >= 11 is 1.54. The Bertz CT molecular complexity index is 902. The number of carbonyl (C=O) groups is 1. The van der Waals surface area contributed by atoms with Gasteiger partial charge in [0.25, 0.3) is 0 Å². The van der Waals surface area contributed by atoms with Crippen molar-refractivity contribution in [1.82, 2.24) is 4.98 Å². The van der Waals surface area contributed by atoms with Gasteiger partial charge in [-0.15, -0.1) is 11.3 Å². The third-order valence-corrected chi connectivity index (χ3v) is 5.41. The van der Waals surface area contributed by atoms with Crippen molar-refractivity contribution in [3.8, 4) is 16.3 Å². The number of hydrogen-bond acceptors (Lipinski definition) is 6. The molecule has 5 nitrogen and oxygen atoms in total. The molecule has 1 atom stereocenters. The lowest BCUT2D eigenvalue weighted by atomic mass is 10.2. The van der Waals surface area contributed by atoms with Crippen LogP contribution in [0.3, 0.4) is 0 Å². The van der Waals surface area contributed by atoms with Gasteiger partial charge in [-0.2, -0.15) is 0 Å². The van der Waals surface area contributed by atoms with E-state index in [4.69, 9.17) is 14.2 Å². The molecule has 3 aromatic rings. The molecule has 144 valence electrons. The molecular weight excluding hydrogens is 374 g/mol. The fourth-order valence-corrected chi connectivity index (χ4v) is 3.77. The SMILES string of the molecule is O=C(OCc1csc(-c2ccccc2)n1)c1ccc(OC[C@H]2CCCO2)cc1. The highest BCUT2D eigenvalue weighted by atomic mass is 32.1. The standard InChI is InChI=1S/C22H21NO4S/c24-22(17-8-10-19(11-9-17)26-14-20-7-4-12-25-20)27-13-18-15-28-21(23-18)16-5-2-1-3-6-16/h1-3,5-6,8-11,15,20H,4,7,12-14H2/t20-/m1/s1. The number of carbonyl (C=O) groups excluding carboxylic acids is 1. The van der Waals surface area contributed by atoms with Crippen LogP contribution >= 0.6 is 11.3 Å². The van der Waals surface area contributed by atoms with E-state index in [1.165, 1.54) is 11.3 Å². The van der Waals surface area contributed by atoms with Crippen molar-refractivity contribution >= 4 is 17.3 Å². The Kier molecular flexibility index (Phi) is 5.99. The quantitative estimate of drug-likeness (QED) is 0.542. The molecule has 2 aromatic carbocycles. The Labute approximate surface area is 167 Å². The fraction of sp³-hybridized carbons (Fsp3) is 0.273. The molecule has 6 heteroatoms. The molecule has 0 amide bonds. The maximum absolute atomic E-state index is 12.3. The van der Waals surface area contributed by atoms with Crippen molar-refractivity contribution in [2.75, 3.05) is 13.2 Å². The number of ether oxygens (including phenoxy) is 3. The van der Waals surface area contributed by atoms with Crippen LogP contribution in [0.2, 0.25) is 0 Å². The Morgan fingerprint density at radius 3 is 2.71 bits per heavy atom. The van der Waals surface area contributed by atoms with Gasteiger partial charge >= 0.3 is 5.97 Å². The second kappa shape index (κ2) is 8.99. The summed E-state index contributed by atoms with van der Waals surface area (Å²) in [5, 5.41) is 2.83. The highest BCUT2D eigenvalue weighted by molar-refractivity contribution is 7.13. The monoisotopic (exact) mass is 395 g/mol. The normalized spacial score (nSPS) is 16.1. The molecular formula is C22H21NO4S. The molecule has 0 bridgehead atoms. The minimum Gasteiger partial charge on any atom is -0.491 e. The summed E-state index contributed by atoms with van der Waals surface area (Å²) in [4.78, 5) is 16.8. The summed E-state index contributed by atoms with van der Waals surface area (Å²) in [6.45, 7) is 1.50. The summed E-state index contributed by atoms with van der Waals surface area (Å²) in [6.07, 6.45) is 2.29. The highest BCUT2D eigenvalue weighted by Gasteiger charge is 2.16. The minimum atomic E-state index is -0.375. The molecule has 1 aliphatic heterocycles. The highest BCUT2D eigenvalue weighted by Crippen LogP contribution is 2.24. The van der Waals surface area contributed by atoms with Crippen LogP contribution in [0.25, 0.3) is 10.6 Å². The van der Waals surface area contributed by atoms with Crippen LogP contribution in [0, 0.1) is 0 Å². The van der Waals surface area contributed by atoms with Crippen molar-refractivity contribution in [3.63, 3.8) is 0 Å². The number of esters is 1. The summed E-state index contributed by atoms with van der Waals surface area (Å²) in [6, 6.07) is 16.9. The van der Waals surface area contributed by atoms with Gasteiger partial charge in [0.15, 0.2) is 0 Å². The maximum Gasteiger partial charge on any atom is 0.338 e. The number of nitrogens with zero attached hydrogens (tertiary/aromatic N) is 1. The van der Waals surface area contributed by atoms with Crippen LogP contribution in [0.5, 0.6) is 5.75 Å². The van der Waals surface area contributed by atoms with Gasteiger partial charge in [0.1, 0.15) is 24.0 Å². The summed E-state index contributed by atoms with van der Waals surface area (Å²) in [7, 11) is 0. The molecule has 1 aliphatic rings. The third kappa shape index (κ3) is 4.77. The lowest BCUT2D eigenvalue weighted by Crippen LogP contribution is -2.16. The lowest BCUT2D eigenvalue weighted by molar-refractivity contribution is 0.0468. The molecule has 2 heterocycles. The largest absolute Gasteiger partial charge is 0.491 e. The second-order valence-electron chi connectivity index (χ2n) is 6.56. The molecule has 1 saturated heterocycles. The van der Waals surface area contributed by atoms with Gasteiger partial charge in [-0.3, -0.25) is 0 Å². The maximum atomic E-state index is 12.3. The van der Waals surface area contributed by atoms with Crippen molar-refractivity contribution in [2.24, 2.45) is 0 Å². The Balaban J connectivity index is 1.28. The fourth-order valence-electron chi connectivity index (χ4n) is 2.96. The number of benzene rings is 2. The first-order valence-corrected chi connectivity index (χ1v) is 10.2. The topological polar surface area (TPSA) is 57.7 Å². The number of thiazole rings is 1. The Hall–Kier alpha value is -2.70. The van der Waals surface area contributed by atoms with Crippen LogP contribution < -0.4 is 4.74 Å². The van der Waals surface area contributed by atoms with Crippen molar-refractivity contribution in [1.29, 1.82) is 0 Å². The van der Waals surface area contributed by atoms with E-state index in [0.29, 0.717) is 12.2 Å². The van der Waals surface area contributed by atoms with E-state index in [-0.39, 0.29) is 18.7 Å².